The van der Waals surface area contributed by atoms with Gasteiger partial charge in [0.25, 0.3) is 11.5 Å². The Morgan fingerprint density at radius 2 is 2.23 bits per heavy atom. The predicted octanol–water partition coefficient (Wildman–Crippen LogP) is 0.751. The maximum absolute atomic E-state index is 12.3. The quantitative estimate of drug-likeness (QED) is 0.741. The molecule has 112 valence electrons. The minimum atomic E-state index is -0.724. The van der Waals surface area contributed by atoms with Gasteiger partial charge in [-0.05, 0) is 24.3 Å². The molecule has 3 rings (SSSR count). The highest BCUT2D eigenvalue weighted by Crippen LogP contribution is 2.13. The Hall–Kier alpha value is -2.93. The standard InChI is InChI=1S/C15H13N3O4/c19-9-11(12-4-3-7-22-12)17-14(20)10-8-16-13-5-1-2-6-18(13)15(10)21/h1-8,11,19H,9H2,(H,17,20). The molecule has 0 spiro atoms. The van der Waals surface area contributed by atoms with E-state index in [4.69, 9.17) is 4.42 Å². The first-order valence-electron chi connectivity index (χ1n) is 6.62. The number of nitrogens with zero attached hydrogens (tertiary/aromatic N) is 2. The van der Waals surface area contributed by atoms with Crippen LogP contribution in [-0.4, -0.2) is 27.0 Å². The first kappa shape index (κ1) is 14.0. The Balaban J connectivity index is 1.92. The van der Waals surface area contributed by atoms with Gasteiger partial charge in [0.2, 0.25) is 0 Å². The van der Waals surface area contributed by atoms with E-state index >= 15 is 0 Å². The molecule has 0 aliphatic heterocycles. The van der Waals surface area contributed by atoms with E-state index in [1.54, 1.807) is 30.3 Å². The summed E-state index contributed by atoms with van der Waals surface area (Å²) in [6.07, 6.45) is 4.21. The second-order valence-electron chi connectivity index (χ2n) is 4.63. The van der Waals surface area contributed by atoms with Crippen molar-refractivity contribution in [3.63, 3.8) is 0 Å². The van der Waals surface area contributed by atoms with Crippen LogP contribution < -0.4 is 10.9 Å². The van der Waals surface area contributed by atoms with E-state index < -0.39 is 17.5 Å². The molecule has 0 fully saturated rings. The molecule has 22 heavy (non-hydrogen) atoms. The number of hydrogen-bond donors (Lipinski definition) is 2. The number of fused-ring (bicyclic) bond motifs is 1. The van der Waals surface area contributed by atoms with Gasteiger partial charge >= 0.3 is 0 Å². The van der Waals surface area contributed by atoms with Gasteiger partial charge in [0.05, 0.1) is 12.9 Å². The van der Waals surface area contributed by atoms with Crippen LogP contribution in [0.3, 0.4) is 0 Å². The first-order chi connectivity index (χ1) is 10.7. The Morgan fingerprint density at radius 1 is 1.36 bits per heavy atom. The van der Waals surface area contributed by atoms with Crippen LogP contribution >= 0.6 is 0 Å². The van der Waals surface area contributed by atoms with Crippen molar-refractivity contribution in [1.29, 1.82) is 0 Å². The zero-order valence-corrected chi connectivity index (χ0v) is 11.5. The summed E-state index contributed by atoms with van der Waals surface area (Å²) in [7, 11) is 0. The molecule has 0 bridgehead atoms. The van der Waals surface area contributed by atoms with Gasteiger partial charge in [0.15, 0.2) is 0 Å². The van der Waals surface area contributed by atoms with Crippen molar-refractivity contribution in [3.05, 3.63) is 70.7 Å². The van der Waals surface area contributed by atoms with Crippen LogP contribution in [-0.2, 0) is 0 Å². The zero-order valence-electron chi connectivity index (χ0n) is 11.5. The summed E-state index contributed by atoms with van der Waals surface area (Å²) in [6.45, 7) is -0.346. The van der Waals surface area contributed by atoms with Crippen molar-refractivity contribution in [2.24, 2.45) is 0 Å². The molecule has 1 amide bonds. The summed E-state index contributed by atoms with van der Waals surface area (Å²) in [4.78, 5) is 28.6. The van der Waals surface area contributed by atoms with Crippen molar-refractivity contribution < 1.29 is 14.3 Å². The molecule has 3 aromatic heterocycles. The van der Waals surface area contributed by atoms with Crippen LogP contribution in [0.4, 0.5) is 0 Å². The molecule has 0 aromatic carbocycles. The summed E-state index contributed by atoms with van der Waals surface area (Å²) < 4.78 is 6.44. The number of nitrogens with one attached hydrogen (secondary N) is 1. The van der Waals surface area contributed by atoms with E-state index in [9.17, 15) is 14.7 Å². The Labute approximate surface area is 124 Å². The summed E-state index contributed by atoms with van der Waals surface area (Å²) in [5.41, 5.74) is -0.123. The summed E-state index contributed by atoms with van der Waals surface area (Å²) >= 11 is 0. The van der Waals surface area contributed by atoms with Gasteiger partial charge in [-0.2, -0.15) is 0 Å². The van der Waals surface area contributed by atoms with E-state index in [1.807, 2.05) is 0 Å². The van der Waals surface area contributed by atoms with Crippen LogP contribution in [0.1, 0.15) is 22.2 Å². The molecule has 0 saturated heterocycles. The van der Waals surface area contributed by atoms with Gasteiger partial charge < -0.3 is 14.8 Å². The minimum Gasteiger partial charge on any atom is -0.467 e. The number of carbonyl (C=O) groups is 1. The molecule has 7 nitrogen and oxygen atoms in total. The molecule has 3 aromatic rings. The van der Waals surface area contributed by atoms with Gasteiger partial charge in [0, 0.05) is 12.4 Å². The van der Waals surface area contributed by atoms with E-state index in [0.29, 0.717) is 11.4 Å². The van der Waals surface area contributed by atoms with Gasteiger partial charge in [-0.15, -0.1) is 0 Å². The predicted molar refractivity (Wildman–Crippen MR) is 77.5 cm³/mol. The fourth-order valence-electron chi connectivity index (χ4n) is 2.11. The molecule has 0 radical (unpaired) electrons. The van der Waals surface area contributed by atoms with Crippen molar-refractivity contribution in [1.82, 2.24) is 14.7 Å². The number of aliphatic hydroxyl groups excluding tert-OH is 1. The van der Waals surface area contributed by atoms with Crippen molar-refractivity contribution in [2.45, 2.75) is 6.04 Å². The summed E-state index contributed by atoms with van der Waals surface area (Å²) in [6, 6.07) is 7.65. The number of furan rings is 1. The normalized spacial score (nSPS) is 12.2. The average Bonchev–Trinajstić information content (AvgIpc) is 3.07. The summed E-state index contributed by atoms with van der Waals surface area (Å²) in [5.74, 6) is -0.212. The highest BCUT2D eigenvalue weighted by Gasteiger charge is 2.20. The third kappa shape index (κ3) is 2.49. The second-order valence-corrected chi connectivity index (χ2v) is 4.63. The molecule has 0 saturated carbocycles. The van der Waals surface area contributed by atoms with Crippen molar-refractivity contribution >= 4 is 11.6 Å². The fourth-order valence-corrected chi connectivity index (χ4v) is 2.11. The molecule has 2 N–H and O–H groups in total. The Kier molecular flexibility index (Phi) is 3.71. The molecule has 7 heteroatoms. The Morgan fingerprint density at radius 3 is 2.95 bits per heavy atom. The topological polar surface area (TPSA) is 96.8 Å². The SMILES string of the molecule is O=C(NC(CO)c1ccco1)c1cnc2ccccn2c1=O. The maximum atomic E-state index is 12.3. The molecule has 1 unspecified atom stereocenters. The summed E-state index contributed by atoms with van der Waals surface area (Å²) in [5, 5.41) is 11.9. The van der Waals surface area contributed by atoms with Crippen LogP contribution in [0.25, 0.3) is 5.65 Å². The second kappa shape index (κ2) is 5.82. The van der Waals surface area contributed by atoms with Gasteiger partial charge in [0.1, 0.15) is 23.0 Å². The third-order valence-corrected chi connectivity index (χ3v) is 3.23. The lowest BCUT2D eigenvalue weighted by molar-refractivity contribution is 0.0905. The van der Waals surface area contributed by atoms with E-state index in [-0.39, 0.29) is 12.2 Å². The molecule has 3 heterocycles. The number of aromatic nitrogens is 2. The van der Waals surface area contributed by atoms with E-state index in [2.05, 4.69) is 10.3 Å². The molecular weight excluding hydrogens is 286 g/mol. The monoisotopic (exact) mass is 299 g/mol. The number of aliphatic hydroxyl groups is 1. The van der Waals surface area contributed by atoms with Crippen LogP contribution in [0.15, 0.2) is 58.2 Å². The highest BCUT2D eigenvalue weighted by molar-refractivity contribution is 5.94. The lowest BCUT2D eigenvalue weighted by atomic mass is 10.2. The molecular formula is C15H13N3O4. The Bertz CT molecular complexity index is 855. The number of pyridine rings is 1. The minimum absolute atomic E-state index is 0.103. The smallest absolute Gasteiger partial charge is 0.270 e. The highest BCUT2D eigenvalue weighted by atomic mass is 16.3. The van der Waals surface area contributed by atoms with Gasteiger partial charge in [-0.1, -0.05) is 6.07 Å². The molecule has 1 atom stereocenters. The van der Waals surface area contributed by atoms with Crippen molar-refractivity contribution in [2.75, 3.05) is 6.61 Å². The zero-order chi connectivity index (χ0) is 15.5. The number of hydrogen-bond acceptors (Lipinski definition) is 5. The van der Waals surface area contributed by atoms with Gasteiger partial charge in [-0.25, -0.2) is 4.98 Å². The fraction of sp³-hybridized carbons (Fsp3) is 0.133. The maximum Gasteiger partial charge on any atom is 0.270 e. The third-order valence-electron chi connectivity index (χ3n) is 3.23. The molecule has 0 aliphatic carbocycles. The van der Waals surface area contributed by atoms with E-state index in [1.165, 1.54) is 23.1 Å². The number of amides is 1. The van der Waals surface area contributed by atoms with Gasteiger partial charge in [-0.3, -0.25) is 14.0 Å². The lowest BCUT2D eigenvalue weighted by Crippen LogP contribution is -2.35. The first-order valence-corrected chi connectivity index (χ1v) is 6.62. The lowest BCUT2D eigenvalue weighted by Gasteiger charge is -2.13. The molecule has 0 aliphatic rings. The number of rotatable bonds is 4. The van der Waals surface area contributed by atoms with E-state index in [0.717, 1.165) is 0 Å². The van der Waals surface area contributed by atoms with Crippen LogP contribution in [0, 0.1) is 0 Å². The largest absolute Gasteiger partial charge is 0.467 e. The van der Waals surface area contributed by atoms with Crippen LogP contribution in [0.2, 0.25) is 0 Å². The van der Waals surface area contributed by atoms with Crippen LogP contribution in [0.5, 0.6) is 0 Å². The van der Waals surface area contributed by atoms with Crippen molar-refractivity contribution in [3.8, 4) is 0 Å². The average molecular weight is 299 g/mol. The number of carbonyl (C=O) groups excluding carboxylic acids is 1.